The Morgan fingerprint density at radius 3 is 2.60 bits per heavy atom. The Labute approximate surface area is 150 Å². The lowest BCUT2D eigenvalue weighted by molar-refractivity contribution is -0.144. The van der Waals surface area contributed by atoms with Gasteiger partial charge in [0, 0.05) is 32.5 Å². The number of hydrogen-bond donors (Lipinski definition) is 1. The van der Waals surface area contributed by atoms with Gasteiger partial charge in [0.1, 0.15) is 11.9 Å². The molecule has 25 heavy (non-hydrogen) atoms. The molecule has 1 fully saturated rings. The number of piperidine rings is 1. The zero-order chi connectivity index (χ0) is 18.1. The van der Waals surface area contributed by atoms with Crippen molar-refractivity contribution in [2.75, 3.05) is 33.3 Å². The van der Waals surface area contributed by atoms with Crippen LogP contribution in [0.15, 0.2) is 35.3 Å². The number of rotatable bonds is 6. The van der Waals surface area contributed by atoms with E-state index in [2.05, 4.69) is 15.2 Å². The monoisotopic (exact) mass is 347 g/mol. The molecule has 138 valence electrons. The molecule has 1 aliphatic rings. The molecule has 1 unspecified atom stereocenters. The molecule has 2 rings (SSSR count). The Kier molecular flexibility index (Phi) is 7.57. The zero-order valence-electron chi connectivity index (χ0n) is 15.4. The molecule has 0 amide bonds. The fourth-order valence-electron chi connectivity index (χ4n) is 2.80. The standard InChI is InChI=1S/C19H29N3O3/c1-4-20-19(21-14-15(2)18(23)24-3)22-12-10-17(11-13-22)25-16-8-6-5-7-9-16/h5-9,15,17H,4,10-14H2,1-3H3,(H,20,21). The molecule has 0 aliphatic carbocycles. The summed E-state index contributed by atoms with van der Waals surface area (Å²) in [6.45, 7) is 6.87. The first kappa shape index (κ1) is 19.1. The maximum Gasteiger partial charge on any atom is 0.310 e. The highest BCUT2D eigenvalue weighted by atomic mass is 16.5. The highest BCUT2D eigenvalue weighted by Crippen LogP contribution is 2.18. The number of benzene rings is 1. The van der Waals surface area contributed by atoms with Crippen molar-refractivity contribution in [1.82, 2.24) is 10.2 Å². The van der Waals surface area contributed by atoms with E-state index in [0.717, 1.165) is 44.2 Å². The number of hydrogen-bond acceptors (Lipinski definition) is 4. The minimum Gasteiger partial charge on any atom is -0.490 e. The molecular formula is C19H29N3O3. The Balaban J connectivity index is 1.87. The number of para-hydroxylation sites is 1. The molecule has 0 saturated carbocycles. The quantitative estimate of drug-likeness (QED) is 0.486. The number of aliphatic imine (C=N–C) groups is 1. The van der Waals surface area contributed by atoms with Gasteiger partial charge in [-0.3, -0.25) is 9.79 Å². The Morgan fingerprint density at radius 2 is 2.00 bits per heavy atom. The number of carbonyl (C=O) groups is 1. The van der Waals surface area contributed by atoms with E-state index in [-0.39, 0.29) is 18.0 Å². The summed E-state index contributed by atoms with van der Waals surface area (Å²) in [6.07, 6.45) is 2.13. The number of ether oxygens (including phenoxy) is 2. The lowest BCUT2D eigenvalue weighted by Gasteiger charge is -2.34. The summed E-state index contributed by atoms with van der Waals surface area (Å²) >= 11 is 0. The van der Waals surface area contributed by atoms with Gasteiger partial charge in [-0.15, -0.1) is 0 Å². The van der Waals surface area contributed by atoms with Crippen molar-refractivity contribution in [3.05, 3.63) is 30.3 Å². The predicted molar refractivity (Wildman–Crippen MR) is 98.8 cm³/mol. The normalized spacial score (nSPS) is 17.1. The molecule has 1 aromatic rings. The SMILES string of the molecule is CCNC(=NCC(C)C(=O)OC)N1CCC(Oc2ccccc2)CC1. The van der Waals surface area contributed by atoms with Gasteiger partial charge in [-0.1, -0.05) is 25.1 Å². The van der Waals surface area contributed by atoms with Crippen molar-refractivity contribution in [2.45, 2.75) is 32.8 Å². The van der Waals surface area contributed by atoms with Gasteiger partial charge in [-0.25, -0.2) is 0 Å². The van der Waals surface area contributed by atoms with Crippen molar-refractivity contribution in [3.8, 4) is 5.75 Å². The molecule has 6 nitrogen and oxygen atoms in total. The molecular weight excluding hydrogens is 318 g/mol. The van der Waals surface area contributed by atoms with E-state index in [1.54, 1.807) is 0 Å². The first-order valence-corrected chi connectivity index (χ1v) is 8.96. The van der Waals surface area contributed by atoms with E-state index < -0.39 is 0 Å². The molecule has 0 bridgehead atoms. The number of esters is 1. The number of likely N-dealkylation sites (tertiary alicyclic amines) is 1. The summed E-state index contributed by atoms with van der Waals surface area (Å²) in [6, 6.07) is 9.95. The number of carbonyl (C=O) groups excluding carboxylic acids is 1. The van der Waals surface area contributed by atoms with Crippen LogP contribution in [0, 0.1) is 5.92 Å². The lowest BCUT2D eigenvalue weighted by Crippen LogP contribution is -2.47. The maximum absolute atomic E-state index is 11.5. The van der Waals surface area contributed by atoms with Crippen LogP contribution in [0.1, 0.15) is 26.7 Å². The van der Waals surface area contributed by atoms with Gasteiger partial charge in [0.15, 0.2) is 5.96 Å². The summed E-state index contributed by atoms with van der Waals surface area (Å²) in [7, 11) is 1.41. The third-order valence-electron chi connectivity index (χ3n) is 4.24. The summed E-state index contributed by atoms with van der Waals surface area (Å²) < 4.78 is 10.8. The molecule has 1 saturated heterocycles. The van der Waals surface area contributed by atoms with Crippen molar-refractivity contribution < 1.29 is 14.3 Å². The van der Waals surface area contributed by atoms with Crippen molar-refractivity contribution in [3.63, 3.8) is 0 Å². The number of methoxy groups -OCH3 is 1. The second-order valence-corrected chi connectivity index (χ2v) is 6.24. The fraction of sp³-hybridized carbons (Fsp3) is 0.579. The van der Waals surface area contributed by atoms with Gasteiger partial charge in [0.25, 0.3) is 0 Å². The maximum atomic E-state index is 11.5. The molecule has 1 atom stereocenters. The van der Waals surface area contributed by atoms with Crippen LogP contribution in [-0.2, 0) is 9.53 Å². The molecule has 1 heterocycles. The minimum atomic E-state index is -0.238. The van der Waals surface area contributed by atoms with Gasteiger partial charge in [0.05, 0.1) is 19.6 Å². The number of nitrogens with one attached hydrogen (secondary N) is 1. The predicted octanol–water partition coefficient (Wildman–Crippen LogP) is 2.30. The topological polar surface area (TPSA) is 63.2 Å². The van der Waals surface area contributed by atoms with Crippen LogP contribution >= 0.6 is 0 Å². The van der Waals surface area contributed by atoms with Gasteiger partial charge in [-0.2, -0.15) is 0 Å². The second-order valence-electron chi connectivity index (χ2n) is 6.24. The number of guanidine groups is 1. The van der Waals surface area contributed by atoms with E-state index in [1.807, 2.05) is 44.2 Å². The average Bonchev–Trinajstić information content (AvgIpc) is 2.65. The van der Waals surface area contributed by atoms with Crippen LogP contribution in [-0.4, -0.2) is 56.2 Å². The lowest BCUT2D eigenvalue weighted by atomic mass is 10.1. The van der Waals surface area contributed by atoms with E-state index in [4.69, 9.17) is 9.47 Å². The van der Waals surface area contributed by atoms with Crippen LogP contribution in [0.5, 0.6) is 5.75 Å². The van der Waals surface area contributed by atoms with Gasteiger partial charge in [-0.05, 0) is 19.1 Å². The van der Waals surface area contributed by atoms with Crippen molar-refractivity contribution in [2.24, 2.45) is 10.9 Å². The van der Waals surface area contributed by atoms with Crippen LogP contribution in [0.2, 0.25) is 0 Å². The molecule has 0 aromatic heterocycles. The highest BCUT2D eigenvalue weighted by molar-refractivity contribution is 5.80. The third-order valence-corrected chi connectivity index (χ3v) is 4.24. The summed E-state index contributed by atoms with van der Waals surface area (Å²) in [5, 5.41) is 3.31. The molecule has 0 spiro atoms. The Hall–Kier alpha value is -2.24. The average molecular weight is 347 g/mol. The van der Waals surface area contributed by atoms with Gasteiger partial charge in [0.2, 0.25) is 0 Å². The Morgan fingerprint density at radius 1 is 1.32 bits per heavy atom. The van der Waals surface area contributed by atoms with Crippen LogP contribution in [0.4, 0.5) is 0 Å². The van der Waals surface area contributed by atoms with E-state index in [9.17, 15) is 4.79 Å². The molecule has 1 N–H and O–H groups in total. The van der Waals surface area contributed by atoms with Crippen LogP contribution < -0.4 is 10.1 Å². The van der Waals surface area contributed by atoms with Gasteiger partial charge < -0.3 is 19.7 Å². The fourth-order valence-corrected chi connectivity index (χ4v) is 2.80. The third kappa shape index (κ3) is 5.96. The zero-order valence-corrected chi connectivity index (χ0v) is 15.4. The molecule has 0 radical (unpaired) electrons. The molecule has 1 aliphatic heterocycles. The van der Waals surface area contributed by atoms with E-state index in [0.29, 0.717) is 6.54 Å². The summed E-state index contributed by atoms with van der Waals surface area (Å²) in [5.41, 5.74) is 0. The number of nitrogens with zero attached hydrogens (tertiary/aromatic N) is 2. The van der Waals surface area contributed by atoms with Crippen LogP contribution in [0.3, 0.4) is 0 Å². The van der Waals surface area contributed by atoms with Crippen molar-refractivity contribution in [1.29, 1.82) is 0 Å². The van der Waals surface area contributed by atoms with E-state index in [1.165, 1.54) is 7.11 Å². The van der Waals surface area contributed by atoms with Crippen LogP contribution in [0.25, 0.3) is 0 Å². The summed E-state index contributed by atoms with van der Waals surface area (Å²) in [4.78, 5) is 18.4. The second kappa shape index (κ2) is 9.91. The molecule has 6 heteroatoms. The van der Waals surface area contributed by atoms with Gasteiger partial charge >= 0.3 is 5.97 Å². The summed E-state index contributed by atoms with van der Waals surface area (Å²) in [5.74, 6) is 1.32. The highest BCUT2D eigenvalue weighted by Gasteiger charge is 2.23. The minimum absolute atomic E-state index is 0.227. The largest absolute Gasteiger partial charge is 0.490 e. The van der Waals surface area contributed by atoms with Crippen molar-refractivity contribution >= 4 is 11.9 Å². The first-order chi connectivity index (χ1) is 12.1. The smallest absolute Gasteiger partial charge is 0.310 e. The molecule has 1 aromatic carbocycles. The first-order valence-electron chi connectivity index (χ1n) is 8.96. The Bertz CT molecular complexity index is 554. The van der Waals surface area contributed by atoms with E-state index >= 15 is 0 Å².